The molecule has 3 rings (SSSR count). The molecule has 0 radical (unpaired) electrons. The van der Waals surface area contributed by atoms with Crippen molar-refractivity contribution in [1.82, 2.24) is 10.3 Å². The summed E-state index contributed by atoms with van der Waals surface area (Å²) in [6, 6.07) is 6.38. The van der Waals surface area contributed by atoms with Crippen molar-refractivity contribution in [2.24, 2.45) is 5.92 Å². The van der Waals surface area contributed by atoms with Crippen LogP contribution in [0.2, 0.25) is 0 Å². The number of rotatable bonds is 5. The molecule has 2 atom stereocenters. The average molecular weight is 395 g/mol. The van der Waals surface area contributed by atoms with E-state index in [1.54, 1.807) is 25.3 Å². The molecule has 28 heavy (non-hydrogen) atoms. The first-order valence-corrected chi connectivity index (χ1v) is 9.57. The number of piperidine rings is 1. The monoisotopic (exact) mass is 395 g/mol. The van der Waals surface area contributed by atoms with E-state index in [9.17, 15) is 13.2 Å². The number of halogens is 3. The van der Waals surface area contributed by atoms with Crippen LogP contribution in [0, 0.1) is 5.92 Å². The number of ether oxygens (including phenoxy) is 1. The van der Waals surface area contributed by atoms with Crippen LogP contribution in [0.5, 0.6) is 0 Å². The molecule has 0 spiro atoms. The molecular formula is C21H28F3N3O. The second kappa shape index (κ2) is 7.87. The van der Waals surface area contributed by atoms with Crippen molar-refractivity contribution in [3.63, 3.8) is 0 Å². The number of nitrogens with one attached hydrogen (secondary N) is 1. The van der Waals surface area contributed by atoms with E-state index < -0.39 is 11.7 Å². The van der Waals surface area contributed by atoms with Crippen LogP contribution in [0.1, 0.15) is 32.8 Å². The van der Waals surface area contributed by atoms with Crippen LogP contribution in [0.15, 0.2) is 30.5 Å². The molecule has 0 amide bonds. The number of fused-ring (bicyclic) bond motifs is 1. The van der Waals surface area contributed by atoms with Gasteiger partial charge in [-0.25, -0.2) is 0 Å². The summed E-state index contributed by atoms with van der Waals surface area (Å²) >= 11 is 0. The predicted octanol–water partition coefficient (Wildman–Crippen LogP) is 4.48. The maximum Gasteiger partial charge on any atom is 0.418 e. The molecule has 0 bridgehead atoms. The Morgan fingerprint density at radius 3 is 2.64 bits per heavy atom. The van der Waals surface area contributed by atoms with Crippen LogP contribution in [0.3, 0.4) is 0 Å². The lowest BCUT2D eigenvalue weighted by atomic mass is 9.92. The molecule has 4 nitrogen and oxygen atoms in total. The fourth-order valence-corrected chi connectivity index (χ4v) is 4.27. The predicted molar refractivity (Wildman–Crippen MR) is 106 cm³/mol. The van der Waals surface area contributed by atoms with Gasteiger partial charge in [0.15, 0.2) is 0 Å². The smallest absolute Gasteiger partial charge is 0.383 e. The Kier molecular flexibility index (Phi) is 5.87. The van der Waals surface area contributed by atoms with Crippen molar-refractivity contribution >= 4 is 16.6 Å². The summed E-state index contributed by atoms with van der Waals surface area (Å²) in [4.78, 5) is 6.23. The van der Waals surface area contributed by atoms with Gasteiger partial charge >= 0.3 is 6.18 Å². The number of methoxy groups -OCH3 is 1. The zero-order valence-electron chi connectivity index (χ0n) is 16.8. The zero-order valence-corrected chi connectivity index (χ0v) is 16.8. The normalized spacial score (nSPS) is 21.3. The Labute approximate surface area is 164 Å². The van der Waals surface area contributed by atoms with Gasteiger partial charge in [-0.1, -0.05) is 6.92 Å². The lowest BCUT2D eigenvalue weighted by Gasteiger charge is -2.42. The van der Waals surface area contributed by atoms with E-state index in [1.807, 2.05) is 0 Å². The summed E-state index contributed by atoms with van der Waals surface area (Å²) in [6.07, 6.45) is -1.99. The van der Waals surface area contributed by atoms with Crippen molar-refractivity contribution in [2.45, 2.75) is 44.9 Å². The highest BCUT2D eigenvalue weighted by Crippen LogP contribution is 2.38. The molecule has 1 N–H and O–H groups in total. The highest BCUT2D eigenvalue weighted by Gasteiger charge is 2.35. The van der Waals surface area contributed by atoms with E-state index in [2.05, 4.69) is 36.0 Å². The minimum absolute atomic E-state index is 0.00921. The lowest BCUT2D eigenvalue weighted by Crippen LogP contribution is -2.56. The number of hydrogen-bond acceptors (Lipinski definition) is 4. The molecule has 0 saturated carbocycles. The Morgan fingerprint density at radius 2 is 1.96 bits per heavy atom. The van der Waals surface area contributed by atoms with E-state index in [1.165, 1.54) is 6.20 Å². The van der Waals surface area contributed by atoms with Crippen LogP contribution in [-0.4, -0.2) is 43.4 Å². The first-order valence-electron chi connectivity index (χ1n) is 9.57. The second-order valence-corrected chi connectivity index (χ2v) is 8.43. The van der Waals surface area contributed by atoms with Gasteiger partial charge in [-0.15, -0.1) is 0 Å². The highest BCUT2D eigenvalue weighted by molar-refractivity contribution is 5.94. The van der Waals surface area contributed by atoms with Gasteiger partial charge in [0.1, 0.15) is 0 Å². The van der Waals surface area contributed by atoms with Crippen molar-refractivity contribution in [1.29, 1.82) is 0 Å². The fourth-order valence-electron chi connectivity index (χ4n) is 4.27. The van der Waals surface area contributed by atoms with Gasteiger partial charge in [-0.2, -0.15) is 13.2 Å². The Bertz CT molecular complexity index is 822. The fraction of sp³-hybridized carbons (Fsp3) is 0.571. The number of anilines is 1. The van der Waals surface area contributed by atoms with Crippen LogP contribution in [0.25, 0.3) is 10.9 Å². The maximum absolute atomic E-state index is 13.4. The molecule has 1 fully saturated rings. The van der Waals surface area contributed by atoms with Gasteiger partial charge < -0.3 is 15.0 Å². The number of benzene rings is 1. The number of nitrogens with zero attached hydrogens (tertiary/aromatic N) is 2. The summed E-state index contributed by atoms with van der Waals surface area (Å²) in [5, 5.41) is 4.19. The largest absolute Gasteiger partial charge is 0.418 e. The molecule has 7 heteroatoms. The van der Waals surface area contributed by atoms with Crippen molar-refractivity contribution in [2.75, 3.05) is 31.7 Å². The molecule has 1 aromatic heterocycles. The number of pyridine rings is 1. The molecule has 1 aliphatic rings. The molecule has 2 heterocycles. The molecule has 154 valence electrons. The second-order valence-electron chi connectivity index (χ2n) is 8.43. The first kappa shape index (κ1) is 20.9. The van der Waals surface area contributed by atoms with Crippen LogP contribution >= 0.6 is 0 Å². The minimum Gasteiger partial charge on any atom is -0.383 e. The van der Waals surface area contributed by atoms with Crippen molar-refractivity contribution in [3.8, 4) is 0 Å². The van der Waals surface area contributed by atoms with E-state index >= 15 is 0 Å². The molecular weight excluding hydrogens is 367 g/mol. The number of alkyl halides is 3. The summed E-state index contributed by atoms with van der Waals surface area (Å²) in [5.74, 6) is 0.415. The zero-order chi connectivity index (χ0) is 20.5. The van der Waals surface area contributed by atoms with Crippen LogP contribution < -0.4 is 10.2 Å². The molecule has 1 saturated heterocycles. The van der Waals surface area contributed by atoms with Crippen LogP contribution in [-0.2, 0) is 10.9 Å². The number of hydrogen-bond donors (Lipinski definition) is 1. The molecule has 0 unspecified atom stereocenters. The van der Waals surface area contributed by atoms with Gasteiger partial charge in [0.2, 0.25) is 0 Å². The molecule has 1 aromatic carbocycles. The SMILES string of the molecule is COCC(C)(C)N[C@@H]1C[C@H](C)CN(c2ccc(C(F)(F)F)c3ncccc23)C1. The van der Waals surface area contributed by atoms with E-state index in [0.717, 1.165) is 31.3 Å². The van der Waals surface area contributed by atoms with Gasteiger partial charge in [0.05, 0.1) is 17.7 Å². The van der Waals surface area contributed by atoms with E-state index in [0.29, 0.717) is 17.9 Å². The van der Waals surface area contributed by atoms with E-state index in [-0.39, 0.29) is 17.1 Å². The third kappa shape index (κ3) is 4.58. The van der Waals surface area contributed by atoms with Gasteiger partial charge in [0.25, 0.3) is 0 Å². The quantitative estimate of drug-likeness (QED) is 0.810. The molecule has 1 aliphatic heterocycles. The summed E-state index contributed by atoms with van der Waals surface area (Å²) in [5.41, 5.74) is -0.0481. The topological polar surface area (TPSA) is 37.4 Å². The Hall–Kier alpha value is -1.86. The third-order valence-electron chi connectivity index (χ3n) is 5.15. The van der Waals surface area contributed by atoms with Gasteiger partial charge in [-0.3, -0.25) is 4.98 Å². The minimum atomic E-state index is -4.42. The van der Waals surface area contributed by atoms with Gasteiger partial charge in [0, 0.05) is 49.1 Å². The highest BCUT2D eigenvalue weighted by atomic mass is 19.4. The molecule has 0 aliphatic carbocycles. The summed E-state index contributed by atoms with van der Waals surface area (Å²) < 4.78 is 45.5. The summed E-state index contributed by atoms with van der Waals surface area (Å²) in [7, 11) is 1.68. The van der Waals surface area contributed by atoms with Crippen LogP contribution in [0.4, 0.5) is 18.9 Å². The Balaban J connectivity index is 1.93. The molecule has 2 aromatic rings. The average Bonchev–Trinajstić information content (AvgIpc) is 2.58. The third-order valence-corrected chi connectivity index (χ3v) is 5.15. The van der Waals surface area contributed by atoms with E-state index in [4.69, 9.17) is 4.74 Å². The van der Waals surface area contributed by atoms with Crippen molar-refractivity contribution < 1.29 is 17.9 Å². The number of aromatic nitrogens is 1. The maximum atomic E-state index is 13.4. The standard InChI is InChI=1S/C21H28F3N3O/c1-14-10-15(26-20(2,3)13-28-4)12-27(11-14)18-8-7-17(21(22,23)24)19-16(18)6-5-9-25-19/h5-9,14-15,26H,10-13H2,1-4H3/t14-,15+/m0/s1. The lowest BCUT2D eigenvalue weighted by molar-refractivity contribution is -0.136. The first-order chi connectivity index (χ1) is 13.1. The van der Waals surface area contributed by atoms with Gasteiger partial charge in [-0.05, 0) is 50.5 Å². The Morgan fingerprint density at radius 1 is 1.21 bits per heavy atom. The summed E-state index contributed by atoms with van der Waals surface area (Å²) in [6.45, 7) is 8.49. The van der Waals surface area contributed by atoms with Crippen molar-refractivity contribution in [3.05, 3.63) is 36.0 Å².